The first-order valence-electron chi connectivity index (χ1n) is 8.75. The number of aromatic nitrogens is 4. The van der Waals surface area contributed by atoms with Crippen LogP contribution in [0.25, 0.3) is 22.2 Å². The van der Waals surface area contributed by atoms with Crippen molar-refractivity contribution in [3.05, 3.63) is 72.6 Å². The molecular formula is C20H18FN5O2. The molecule has 3 N–H and O–H groups in total. The highest BCUT2D eigenvalue weighted by atomic mass is 19.1. The molecule has 8 heteroatoms. The van der Waals surface area contributed by atoms with Crippen molar-refractivity contribution in [1.82, 2.24) is 25.1 Å². The smallest absolute Gasteiger partial charge is 0.251 e. The Morgan fingerprint density at radius 1 is 1.29 bits per heavy atom. The molecule has 2 aromatic heterocycles. The van der Waals surface area contributed by atoms with Crippen molar-refractivity contribution in [2.45, 2.75) is 12.6 Å². The monoisotopic (exact) mass is 379 g/mol. The number of hydrogen-bond acceptors (Lipinski definition) is 4. The molecule has 142 valence electrons. The van der Waals surface area contributed by atoms with Gasteiger partial charge in [0.05, 0.1) is 24.5 Å². The van der Waals surface area contributed by atoms with Crippen molar-refractivity contribution in [1.29, 1.82) is 0 Å². The van der Waals surface area contributed by atoms with E-state index in [1.54, 1.807) is 53.6 Å². The van der Waals surface area contributed by atoms with Gasteiger partial charge >= 0.3 is 0 Å². The molecule has 4 rings (SSSR count). The van der Waals surface area contributed by atoms with Gasteiger partial charge in [0, 0.05) is 35.5 Å². The Labute approximate surface area is 159 Å². The molecule has 0 spiro atoms. The number of amides is 1. The van der Waals surface area contributed by atoms with Gasteiger partial charge < -0.3 is 15.0 Å². The summed E-state index contributed by atoms with van der Waals surface area (Å²) in [4.78, 5) is 16.6. The van der Waals surface area contributed by atoms with E-state index in [0.717, 1.165) is 5.52 Å². The van der Waals surface area contributed by atoms with Crippen LogP contribution in [0.1, 0.15) is 10.4 Å². The van der Waals surface area contributed by atoms with E-state index >= 15 is 0 Å². The van der Waals surface area contributed by atoms with E-state index in [4.69, 9.17) is 0 Å². The second kappa shape index (κ2) is 7.61. The van der Waals surface area contributed by atoms with Crippen LogP contribution in [-0.4, -0.2) is 43.4 Å². The largest absolute Gasteiger partial charge is 0.394 e. The Kier molecular flexibility index (Phi) is 4.86. The Morgan fingerprint density at radius 2 is 2.18 bits per heavy atom. The lowest BCUT2D eigenvalue weighted by atomic mass is 10.0. The molecule has 0 bridgehead atoms. The zero-order valence-corrected chi connectivity index (χ0v) is 14.8. The van der Waals surface area contributed by atoms with Crippen LogP contribution in [0.3, 0.4) is 0 Å². The Balaban J connectivity index is 1.60. The van der Waals surface area contributed by atoms with E-state index in [-0.39, 0.29) is 18.3 Å². The third-order valence-electron chi connectivity index (χ3n) is 4.47. The molecule has 0 fully saturated rings. The van der Waals surface area contributed by atoms with Gasteiger partial charge in [-0.1, -0.05) is 12.1 Å². The number of nitrogens with zero attached hydrogens (tertiary/aromatic N) is 3. The second-order valence-electron chi connectivity index (χ2n) is 6.46. The minimum Gasteiger partial charge on any atom is -0.394 e. The lowest BCUT2D eigenvalue weighted by Crippen LogP contribution is -2.40. The van der Waals surface area contributed by atoms with Crippen molar-refractivity contribution in [2.24, 2.45) is 0 Å². The van der Waals surface area contributed by atoms with E-state index in [9.17, 15) is 14.3 Å². The number of fused-ring (bicyclic) bond motifs is 1. The quantitative estimate of drug-likeness (QED) is 0.479. The van der Waals surface area contributed by atoms with Gasteiger partial charge in [-0.05, 0) is 30.3 Å². The summed E-state index contributed by atoms with van der Waals surface area (Å²) < 4.78 is 15.4. The molecule has 1 atom stereocenters. The van der Waals surface area contributed by atoms with Crippen LogP contribution in [0.4, 0.5) is 4.39 Å². The lowest BCUT2D eigenvalue weighted by molar-refractivity contribution is 0.0910. The van der Waals surface area contributed by atoms with Gasteiger partial charge in [0.25, 0.3) is 5.91 Å². The normalized spacial score (nSPS) is 12.2. The topological polar surface area (TPSA) is 95.8 Å². The van der Waals surface area contributed by atoms with Gasteiger partial charge in [-0.25, -0.2) is 9.37 Å². The predicted octanol–water partition coefficient (Wildman–Crippen LogP) is 2.36. The number of benzene rings is 2. The number of rotatable bonds is 6. The average Bonchev–Trinajstić information content (AvgIpc) is 3.36. The highest BCUT2D eigenvalue weighted by molar-refractivity contribution is 6.01. The van der Waals surface area contributed by atoms with Gasteiger partial charge in [0.2, 0.25) is 0 Å². The summed E-state index contributed by atoms with van der Waals surface area (Å²) in [5.74, 6) is -0.666. The van der Waals surface area contributed by atoms with E-state index in [1.165, 1.54) is 12.1 Å². The van der Waals surface area contributed by atoms with Gasteiger partial charge in [-0.3, -0.25) is 9.89 Å². The maximum Gasteiger partial charge on any atom is 0.251 e. The van der Waals surface area contributed by atoms with Crippen LogP contribution in [0.15, 0.2) is 61.2 Å². The minimum absolute atomic E-state index is 0.202. The highest BCUT2D eigenvalue weighted by Gasteiger charge is 2.16. The molecule has 0 saturated carbocycles. The number of H-pyrrole nitrogens is 1. The number of carbonyl (C=O) groups is 1. The van der Waals surface area contributed by atoms with Gasteiger partial charge in [0.1, 0.15) is 11.5 Å². The summed E-state index contributed by atoms with van der Waals surface area (Å²) in [5, 5.41) is 20.3. The van der Waals surface area contributed by atoms with Crippen LogP contribution in [0, 0.1) is 5.82 Å². The Hall–Kier alpha value is -3.52. The first-order chi connectivity index (χ1) is 13.6. The molecule has 7 nitrogen and oxygen atoms in total. The maximum absolute atomic E-state index is 13.6. The molecule has 0 aliphatic rings. The number of imidazole rings is 1. The van der Waals surface area contributed by atoms with Crippen LogP contribution >= 0.6 is 0 Å². The summed E-state index contributed by atoms with van der Waals surface area (Å²) >= 11 is 0. The Bertz CT molecular complexity index is 1110. The van der Waals surface area contributed by atoms with Crippen LogP contribution in [-0.2, 0) is 6.54 Å². The number of aliphatic hydroxyl groups excluding tert-OH is 1. The average molecular weight is 379 g/mol. The first-order valence-corrected chi connectivity index (χ1v) is 8.75. The summed E-state index contributed by atoms with van der Waals surface area (Å²) in [5.41, 5.74) is 2.36. The van der Waals surface area contributed by atoms with Crippen LogP contribution in [0.2, 0.25) is 0 Å². The van der Waals surface area contributed by atoms with Crippen LogP contribution < -0.4 is 5.32 Å². The van der Waals surface area contributed by atoms with Crippen molar-refractivity contribution < 1.29 is 14.3 Å². The second-order valence-corrected chi connectivity index (χ2v) is 6.46. The molecule has 1 amide bonds. The fourth-order valence-electron chi connectivity index (χ4n) is 3.08. The molecule has 2 aromatic carbocycles. The van der Waals surface area contributed by atoms with E-state index in [0.29, 0.717) is 28.8 Å². The standard InChI is InChI=1S/C20H18FN5O2/c21-15-3-1-2-13(8-15)19-17-9-14(4-5-18(17)24-25-19)20(28)23-16(11-27)10-26-7-6-22-12-26/h1-9,12,16,27H,10-11H2,(H,23,28)(H,24,25)/t16-/m0/s1. The SMILES string of the molecule is O=C(N[C@H](CO)Cn1ccnc1)c1ccc2[nH]nc(-c3cccc(F)c3)c2c1. The van der Waals surface area contributed by atoms with Gasteiger partial charge in [-0.2, -0.15) is 5.10 Å². The Morgan fingerprint density at radius 3 is 2.93 bits per heavy atom. The number of nitrogens with one attached hydrogen (secondary N) is 2. The minimum atomic E-state index is -0.454. The molecule has 0 aliphatic carbocycles. The summed E-state index contributed by atoms with van der Waals surface area (Å²) in [6, 6.07) is 10.8. The number of aromatic amines is 1. The number of halogens is 1. The molecular weight excluding hydrogens is 361 g/mol. The van der Waals surface area contributed by atoms with E-state index in [2.05, 4.69) is 20.5 Å². The lowest BCUT2D eigenvalue weighted by Gasteiger charge is -2.17. The fourth-order valence-corrected chi connectivity index (χ4v) is 3.08. The molecule has 2 heterocycles. The molecule has 4 aromatic rings. The molecule has 0 unspecified atom stereocenters. The van der Waals surface area contributed by atoms with E-state index in [1.807, 2.05) is 0 Å². The fraction of sp³-hybridized carbons (Fsp3) is 0.150. The molecule has 0 saturated heterocycles. The van der Waals surface area contributed by atoms with Crippen molar-refractivity contribution in [3.63, 3.8) is 0 Å². The van der Waals surface area contributed by atoms with Crippen molar-refractivity contribution in [2.75, 3.05) is 6.61 Å². The highest BCUT2D eigenvalue weighted by Crippen LogP contribution is 2.27. The number of carbonyl (C=O) groups excluding carboxylic acids is 1. The summed E-state index contributed by atoms with van der Waals surface area (Å²) in [6.07, 6.45) is 5.02. The number of aliphatic hydroxyl groups is 1. The van der Waals surface area contributed by atoms with Crippen molar-refractivity contribution in [3.8, 4) is 11.3 Å². The molecule has 0 aliphatic heterocycles. The summed E-state index contributed by atoms with van der Waals surface area (Å²) in [7, 11) is 0. The molecule has 0 radical (unpaired) electrons. The van der Waals surface area contributed by atoms with Crippen molar-refractivity contribution >= 4 is 16.8 Å². The zero-order valence-electron chi connectivity index (χ0n) is 14.8. The summed E-state index contributed by atoms with van der Waals surface area (Å²) in [6.45, 7) is 0.206. The predicted molar refractivity (Wildman–Crippen MR) is 102 cm³/mol. The number of hydrogen-bond donors (Lipinski definition) is 3. The first kappa shape index (κ1) is 17.9. The zero-order chi connectivity index (χ0) is 19.5. The third kappa shape index (κ3) is 3.63. The van der Waals surface area contributed by atoms with Crippen LogP contribution in [0.5, 0.6) is 0 Å². The maximum atomic E-state index is 13.6. The van der Waals surface area contributed by atoms with E-state index < -0.39 is 6.04 Å². The van der Waals surface area contributed by atoms with Gasteiger partial charge in [0.15, 0.2) is 0 Å². The van der Waals surface area contributed by atoms with Gasteiger partial charge in [-0.15, -0.1) is 0 Å². The molecule has 28 heavy (non-hydrogen) atoms. The third-order valence-corrected chi connectivity index (χ3v) is 4.47.